The molecule has 1 aliphatic heterocycles. The molecule has 1 heterocycles. The molecule has 740 valence electrons. The number of primary amides is 1. The molecular formula is C91H136N18O25. The first-order valence-electron chi connectivity index (χ1n) is 44.9. The second-order valence-electron chi connectivity index (χ2n) is 35.0. The van der Waals surface area contributed by atoms with Gasteiger partial charge in [0, 0.05) is 25.7 Å². The third-order valence-electron chi connectivity index (χ3n) is 22.2. The number of amides is 16. The molecule has 43 nitrogen and oxygen atoms in total. The quantitative estimate of drug-likeness (QED) is 0.0209. The number of carbonyl (C=O) groups excluding carboxylic acids is 16. The van der Waals surface area contributed by atoms with Crippen LogP contribution in [0.15, 0.2) is 97.1 Å². The van der Waals surface area contributed by atoms with E-state index in [0.717, 1.165) is 12.5 Å². The summed E-state index contributed by atoms with van der Waals surface area (Å²) in [4.78, 5) is 263. The number of nitrogens with one attached hydrogen (secondary N) is 15. The molecule has 27 N–H and O–H groups in total. The van der Waals surface area contributed by atoms with Gasteiger partial charge in [0.1, 0.15) is 83.3 Å². The van der Waals surface area contributed by atoms with Crippen molar-refractivity contribution in [3.63, 3.8) is 0 Å². The molecule has 0 saturated carbocycles. The lowest BCUT2D eigenvalue weighted by molar-refractivity contribution is -0.143. The Bertz CT molecular complexity index is 4520. The van der Waals surface area contributed by atoms with Crippen molar-refractivity contribution in [1.29, 1.82) is 0 Å². The van der Waals surface area contributed by atoms with Crippen LogP contribution in [0.3, 0.4) is 0 Å². The zero-order valence-corrected chi connectivity index (χ0v) is 77.5. The first kappa shape index (κ1) is 113. The van der Waals surface area contributed by atoms with Gasteiger partial charge in [-0.1, -0.05) is 133 Å². The second kappa shape index (κ2) is 56.8. The number of benzene rings is 3. The van der Waals surface area contributed by atoms with Gasteiger partial charge in [0.25, 0.3) is 0 Å². The van der Waals surface area contributed by atoms with Gasteiger partial charge in [-0.25, -0.2) is 4.79 Å². The lowest BCUT2D eigenvalue weighted by atomic mass is 9.90. The summed E-state index contributed by atoms with van der Waals surface area (Å²) in [5, 5.41) is 99.0. The van der Waals surface area contributed by atoms with E-state index in [1.54, 1.807) is 108 Å². The predicted molar refractivity (Wildman–Crippen MR) is 487 cm³/mol. The van der Waals surface area contributed by atoms with Crippen molar-refractivity contribution in [2.45, 2.75) is 293 Å². The molecule has 0 spiro atoms. The Balaban J connectivity index is 1.69. The van der Waals surface area contributed by atoms with E-state index in [4.69, 9.17) is 17.2 Å². The van der Waals surface area contributed by atoms with Crippen LogP contribution in [0.25, 0.3) is 0 Å². The summed E-state index contributed by atoms with van der Waals surface area (Å²) in [6.07, 6.45) is -3.38. The Morgan fingerprint density at radius 3 is 1.54 bits per heavy atom. The highest BCUT2D eigenvalue weighted by atomic mass is 16.4. The largest absolute Gasteiger partial charge is 0.508 e. The van der Waals surface area contributed by atoms with Crippen LogP contribution < -0.4 is 97.0 Å². The van der Waals surface area contributed by atoms with Gasteiger partial charge in [-0.2, -0.15) is 0 Å². The number of hydrogen-bond donors (Lipinski definition) is 24. The van der Waals surface area contributed by atoms with Crippen molar-refractivity contribution in [2.24, 2.45) is 35.0 Å². The standard InChI is InChI=1S/C91H136N18O25/c1-11-52(6)73(84(128)103-63(42-50(2)3)81(125)98-60(30-22-25-41-92)80(124)105-74(53(7)110)85(129)100-62(36-38-72(118)119)79(123)99-61(35-37-71(116)117)77(121)95-48-69(114)97-67(87(131)132)47-68(94)113)107-89(134)91(10)40-24-15-13-12-14-23-39-90(9,108-70(115)49-96-78(122)65(45-56-28-20-17-21-29-56)101-76(120)59(93)44-55-26-18-16-19-27-55)88(133)104-66(46-57-31-33-58(112)34-32-57)82(126)102-64(43-51(4)5)83(127)106-75(54(8)111)86(130)109-91/h12-13,16-21,26-29,31-34,50-54,59-67,73-75,110-112H,11,14-15,22-25,30,35-49,92-93H2,1-10H3,(H2,94,113)(H,95,121)(H,96,122)(H,97,114)(H,98,125)(H,99,123)(H,100,129)(H,101,120)(H,102,126)(H,103,128)(H,104,133)(H,105,124)(H,106,127)(H,107,134)(H,108,115)(H,109,130)(H,116,117)(H,118,119)(H,131,132)/b13-12-/t52-,53+,54+,59-,60-,61-,62-,63-,64-,65-,66-,67-,73-,74-,75-,90-,91-/m0/s1. The summed E-state index contributed by atoms with van der Waals surface area (Å²) in [5.74, 6) is -22.6. The van der Waals surface area contributed by atoms with Gasteiger partial charge in [-0.15, -0.1) is 0 Å². The average Bonchev–Trinajstić information content (AvgIpc) is 0.975. The molecule has 134 heavy (non-hydrogen) atoms. The van der Waals surface area contributed by atoms with Crippen LogP contribution in [0.4, 0.5) is 0 Å². The van der Waals surface area contributed by atoms with Crippen molar-refractivity contribution in [1.82, 2.24) is 79.8 Å². The van der Waals surface area contributed by atoms with E-state index in [1.807, 2.05) is 11.4 Å². The molecule has 17 atom stereocenters. The second-order valence-corrected chi connectivity index (χ2v) is 35.0. The molecule has 16 amide bonds. The third-order valence-corrected chi connectivity index (χ3v) is 22.2. The van der Waals surface area contributed by atoms with Crippen LogP contribution in [-0.2, 0) is 110 Å². The normalized spacial score (nSPS) is 19.9. The SMILES string of the molecule is CC[C@H](C)[C@H](NC(=O)[C@]1(C)CCC/C=C\CCC[C@](C)(NC(=O)CNC(=O)[C@H](Cc2ccccc2)NC(=O)[C@@H](N)Cc2ccccc2)C(=O)N[C@@H](Cc2ccc(O)cc2)C(=O)N[C@@H](CC(C)C)C(=O)N[C@@H]([C@@H](C)O)C(=O)N1)C(=O)N[C@@H](CC(C)C)C(=O)N[C@@H](CCCCN)C(=O)N[C@H](C(=O)N[C@@H](CCC(=O)O)C(=O)N[C@@H](CCC(=O)O)C(=O)NCC(=O)N[C@@H](CC(N)=O)C(=O)O)[C@@H](C)O. The first-order chi connectivity index (χ1) is 63.1. The summed E-state index contributed by atoms with van der Waals surface area (Å²) in [6.45, 7) is 13.6. The van der Waals surface area contributed by atoms with Gasteiger partial charge in [-0.05, 0) is 171 Å². The number of carboxylic acids is 3. The van der Waals surface area contributed by atoms with Gasteiger partial charge < -0.3 is 128 Å². The molecular weight excluding hydrogens is 1750 g/mol. The minimum absolute atomic E-state index is 0.00389. The average molecular weight is 1880 g/mol. The van der Waals surface area contributed by atoms with Gasteiger partial charge >= 0.3 is 17.9 Å². The highest BCUT2D eigenvalue weighted by Gasteiger charge is 2.44. The summed E-state index contributed by atoms with van der Waals surface area (Å²) in [6, 6.07) is 4.02. The monoisotopic (exact) mass is 1880 g/mol. The molecule has 0 bridgehead atoms. The Morgan fingerprint density at radius 1 is 0.507 bits per heavy atom. The number of aliphatic hydroxyl groups excluding tert-OH is 2. The van der Waals surface area contributed by atoms with Crippen LogP contribution in [-0.4, -0.2) is 258 Å². The lowest BCUT2D eigenvalue weighted by Gasteiger charge is -2.35. The fraction of sp³-hybridized carbons (Fsp3) is 0.571. The zero-order chi connectivity index (χ0) is 100. The molecule has 1 aliphatic rings. The highest BCUT2D eigenvalue weighted by Crippen LogP contribution is 2.23. The first-order valence-corrected chi connectivity index (χ1v) is 44.9. The van der Waals surface area contributed by atoms with Crippen LogP contribution in [0.2, 0.25) is 0 Å². The summed E-state index contributed by atoms with van der Waals surface area (Å²) in [7, 11) is 0. The van der Waals surface area contributed by atoms with E-state index < -0.39 is 265 Å². The number of allylic oxidation sites excluding steroid dienone is 2. The Hall–Kier alpha value is -13.0. The van der Waals surface area contributed by atoms with Gasteiger partial charge in [0.15, 0.2) is 0 Å². The minimum atomic E-state index is -2.02. The number of nitrogens with two attached hydrogens (primary N) is 3. The number of aliphatic hydroxyl groups is 2. The highest BCUT2D eigenvalue weighted by molar-refractivity contribution is 6.02. The zero-order valence-electron chi connectivity index (χ0n) is 77.5. The van der Waals surface area contributed by atoms with Gasteiger partial charge in [0.05, 0.1) is 37.8 Å². The summed E-state index contributed by atoms with van der Waals surface area (Å²) < 4.78 is 0. The van der Waals surface area contributed by atoms with Crippen LogP contribution >= 0.6 is 0 Å². The molecule has 3 aromatic carbocycles. The van der Waals surface area contributed by atoms with E-state index in [2.05, 4.69) is 74.4 Å². The lowest BCUT2D eigenvalue weighted by Crippen LogP contribution is -2.66. The van der Waals surface area contributed by atoms with Crippen LogP contribution in [0.1, 0.15) is 195 Å². The topological polar surface area (TPSA) is 704 Å². The van der Waals surface area contributed by atoms with E-state index in [0.29, 0.717) is 11.1 Å². The Kier molecular flexibility index (Phi) is 48.0. The van der Waals surface area contributed by atoms with Gasteiger partial charge in [-0.3, -0.25) is 86.3 Å². The van der Waals surface area contributed by atoms with E-state index in [-0.39, 0.29) is 115 Å². The van der Waals surface area contributed by atoms with Crippen LogP contribution in [0.5, 0.6) is 5.75 Å². The molecule has 0 fully saturated rings. The van der Waals surface area contributed by atoms with Crippen molar-refractivity contribution in [2.75, 3.05) is 19.6 Å². The number of phenolic OH excluding ortho intramolecular Hbond substituents is 1. The molecule has 3 aromatic rings. The molecule has 0 aliphatic carbocycles. The van der Waals surface area contributed by atoms with Crippen molar-refractivity contribution >= 4 is 112 Å². The van der Waals surface area contributed by atoms with Gasteiger partial charge in [0.2, 0.25) is 94.5 Å². The number of carbonyl (C=O) groups is 19. The maximum Gasteiger partial charge on any atom is 0.326 e. The summed E-state index contributed by atoms with van der Waals surface area (Å²) >= 11 is 0. The maximum atomic E-state index is 15.4. The fourth-order valence-corrected chi connectivity index (χ4v) is 14.4. The molecule has 4 rings (SSSR count). The predicted octanol–water partition coefficient (Wildman–Crippen LogP) is -2.31. The van der Waals surface area contributed by atoms with Crippen molar-refractivity contribution < 1.29 is 122 Å². The molecule has 0 unspecified atom stereocenters. The summed E-state index contributed by atoms with van der Waals surface area (Å²) in [5.41, 5.74) is 15.2. The third kappa shape index (κ3) is 40.2. The number of phenols is 1. The van der Waals surface area contributed by atoms with E-state index in [1.165, 1.54) is 45.0 Å². The van der Waals surface area contributed by atoms with Crippen LogP contribution in [0, 0.1) is 17.8 Å². The Labute approximate surface area is 778 Å². The number of carboxylic acid groups (broad SMARTS) is 3. The van der Waals surface area contributed by atoms with Crippen molar-refractivity contribution in [3.05, 3.63) is 114 Å². The number of rotatable bonds is 49. The minimum Gasteiger partial charge on any atom is -0.508 e. The molecule has 0 aromatic heterocycles. The molecule has 0 saturated heterocycles. The number of unbranched alkanes of at least 4 members (excludes halogenated alkanes) is 1. The van der Waals surface area contributed by atoms with Crippen molar-refractivity contribution in [3.8, 4) is 5.75 Å². The van der Waals surface area contributed by atoms with E-state index >= 15 is 14.4 Å². The fourth-order valence-electron chi connectivity index (χ4n) is 14.4. The van der Waals surface area contributed by atoms with E-state index in [9.17, 15) is 107 Å². The number of aliphatic carboxylic acids is 3. The smallest absolute Gasteiger partial charge is 0.326 e. The maximum absolute atomic E-state index is 15.4. The molecule has 0 radical (unpaired) electrons. The number of hydrogen-bond acceptors (Lipinski definition) is 24. The Morgan fingerprint density at radius 2 is 1.01 bits per heavy atom. The molecule has 43 heteroatoms. The number of aromatic hydroxyl groups is 1.